The number of aromatic nitrogens is 2. The second-order valence-corrected chi connectivity index (χ2v) is 6.84. The fourth-order valence-corrected chi connectivity index (χ4v) is 3.84. The van der Waals surface area contributed by atoms with Crippen molar-refractivity contribution >= 4 is 27.3 Å². The Morgan fingerprint density at radius 2 is 2.33 bits per heavy atom. The van der Waals surface area contributed by atoms with Gasteiger partial charge in [-0.1, -0.05) is 0 Å². The Balaban J connectivity index is 2.12. The quantitative estimate of drug-likeness (QED) is 0.844. The monoisotopic (exact) mass is 321 g/mol. The molecular weight excluding hydrogens is 310 g/mol. The highest BCUT2D eigenvalue weighted by Crippen LogP contribution is 2.34. The van der Waals surface area contributed by atoms with Crippen LogP contribution in [0.2, 0.25) is 0 Å². The summed E-state index contributed by atoms with van der Waals surface area (Å²) in [4.78, 5) is 5.87. The van der Waals surface area contributed by atoms with Gasteiger partial charge in [0.25, 0.3) is 0 Å². The third-order valence-corrected chi connectivity index (χ3v) is 4.86. The normalized spacial score (nSPS) is 14.2. The Labute approximate surface area is 118 Å². The maximum absolute atomic E-state index is 8.90. The first-order valence-electron chi connectivity index (χ1n) is 6.00. The van der Waals surface area contributed by atoms with E-state index in [1.54, 1.807) is 11.3 Å². The van der Waals surface area contributed by atoms with Gasteiger partial charge in [0.2, 0.25) is 0 Å². The third-order valence-electron chi connectivity index (χ3n) is 3.24. The van der Waals surface area contributed by atoms with Crippen LogP contribution in [0.1, 0.15) is 24.2 Å². The molecule has 2 aromatic heterocycles. The summed E-state index contributed by atoms with van der Waals surface area (Å²) in [6.07, 6.45) is 3.88. The summed E-state index contributed by atoms with van der Waals surface area (Å²) >= 11 is 5.19. The SMILES string of the molecule is N#CCc1nc(-c2ccc(Br)s2)n2c1CCCC2. The van der Waals surface area contributed by atoms with Gasteiger partial charge < -0.3 is 4.57 Å². The number of hydrogen-bond acceptors (Lipinski definition) is 3. The molecule has 1 aliphatic rings. The Kier molecular flexibility index (Phi) is 3.23. The number of fused-ring (bicyclic) bond motifs is 1. The van der Waals surface area contributed by atoms with E-state index < -0.39 is 0 Å². The molecule has 0 atom stereocenters. The largest absolute Gasteiger partial charge is 0.327 e. The van der Waals surface area contributed by atoms with Crippen molar-refractivity contribution in [1.29, 1.82) is 5.26 Å². The molecule has 3 heterocycles. The topological polar surface area (TPSA) is 41.6 Å². The van der Waals surface area contributed by atoms with Crippen LogP contribution >= 0.6 is 27.3 Å². The third kappa shape index (κ3) is 2.00. The van der Waals surface area contributed by atoms with E-state index in [2.05, 4.69) is 38.7 Å². The van der Waals surface area contributed by atoms with E-state index >= 15 is 0 Å². The number of imidazole rings is 1. The van der Waals surface area contributed by atoms with Gasteiger partial charge in [-0.05, 0) is 47.3 Å². The molecule has 5 heteroatoms. The molecule has 0 aromatic carbocycles. The predicted octanol–water partition coefficient (Wildman–Crippen LogP) is 3.78. The molecule has 3 rings (SSSR count). The van der Waals surface area contributed by atoms with E-state index in [4.69, 9.17) is 10.2 Å². The van der Waals surface area contributed by atoms with Crippen molar-refractivity contribution in [3.8, 4) is 16.8 Å². The van der Waals surface area contributed by atoms with E-state index in [0.717, 1.165) is 28.3 Å². The molecule has 3 nitrogen and oxygen atoms in total. The first-order chi connectivity index (χ1) is 8.79. The van der Waals surface area contributed by atoms with Gasteiger partial charge in [0.15, 0.2) is 5.82 Å². The van der Waals surface area contributed by atoms with Crippen LogP contribution in [-0.2, 0) is 19.4 Å². The summed E-state index contributed by atoms with van der Waals surface area (Å²) in [6, 6.07) is 6.36. The van der Waals surface area contributed by atoms with Crippen molar-refractivity contribution in [2.24, 2.45) is 0 Å². The molecule has 0 spiro atoms. The van der Waals surface area contributed by atoms with Crippen molar-refractivity contribution in [3.63, 3.8) is 0 Å². The number of nitriles is 1. The molecule has 18 heavy (non-hydrogen) atoms. The van der Waals surface area contributed by atoms with Crippen LogP contribution in [0, 0.1) is 11.3 Å². The standard InChI is InChI=1S/C13H12BrN3S/c14-12-5-4-11(18-12)13-16-9(6-7-15)10-3-1-2-8-17(10)13/h4-5H,1-3,6,8H2. The first-order valence-corrected chi connectivity index (χ1v) is 7.61. The highest BCUT2D eigenvalue weighted by molar-refractivity contribution is 9.11. The Bertz CT molecular complexity index is 621. The second kappa shape index (κ2) is 4.87. The fourth-order valence-electron chi connectivity index (χ4n) is 2.46. The summed E-state index contributed by atoms with van der Waals surface area (Å²) in [5, 5.41) is 8.90. The van der Waals surface area contributed by atoms with E-state index in [0.29, 0.717) is 6.42 Å². The minimum atomic E-state index is 0.419. The van der Waals surface area contributed by atoms with Crippen molar-refractivity contribution in [2.75, 3.05) is 0 Å². The minimum absolute atomic E-state index is 0.419. The number of thiophene rings is 1. The molecular formula is C13H12BrN3S. The second-order valence-electron chi connectivity index (χ2n) is 4.38. The lowest BCUT2D eigenvalue weighted by molar-refractivity contribution is 0.534. The van der Waals surface area contributed by atoms with Crippen LogP contribution < -0.4 is 0 Å². The molecule has 92 valence electrons. The Hall–Kier alpha value is -1.12. The lowest BCUT2D eigenvalue weighted by Crippen LogP contribution is -2.11. The van der Waals surface area contributed by atoms with E-state index in [1.165, 1.54) is 23.4 Å². The van der Waals surface area contributed by atoms with Crippen LogP contribution in [0.5, 0.6) is 0 Å². The van der Waals surface area contributed by atoms with Crippen molar-refractivity contribution in [1.82, 2.24) is 9.55 Å². The molecule has 0 N–H and O–H groups in total. The van der Waals surface area contributed by atoms with Crippen LogP contribution in [0.3, 0.4) is 0 Å². The minimum Gasteiger partial charge on any atom is -0.327 e. The van der Waals surface area contributed by atoms with E-state index in [9.17, 15) is 0 Å². The van der Waals surface area contributed by atoms with Gasteiger partial charge in [-0.15, -0.1) is 11.3 Å². The van der Waals surface area contributed by atoms with Crippen LogP contribution in [-0.4, -0.2) is 9.55 Å². The van der Waals surface area contributed by atoms with Crippen molar-refractivity contribution in [3.05, 3.63) is 27.3 Å². The zero-order valence-corrected chi connectivity index (χ0v) is 12.2. The molecule has 0 radical (unpaired) electrons. The highest BCUT2D eigenvalue weighted by Gasteiger charge is 2.21. The average molecular weight is 322 g/mol. The van der Waals surface area contributed by atoms with Crippen molar-refractivity contribution < 1.29 is 0 Å². The van der Waals surface area contributed by atoms with Gasteiger partial charge in [0, 0.05) is 12.2 Å². The molecule has 2 aromatic rings. The van der Waals surface area contributed by atoms with E-state index in [1.807, 2.05) is 0 Å². The number of rotatable bonds is 2. The summed E-state index contributed by atoms with van der Waals surface area (Å²) in [5.41, 5.74) is 2.24. The number of nitrogens with zero attached hydrogens (tertiary/aromatic N) is 3. The Morgan fingerprint density at radius 3 is 3.06 bits per heavy atom. The fraction of sp³-hybridized carbons (Fsp3) is 0.385. The predicted molar refractivity (Wildman–Crippen MR) is 75.5 cm³/mol. The summed E-state index contributed by atoms with van der Waals surface area (Å²) in [6.45, 7) is 1.03. The summed E-state index contributed by atoms with van der Waals surface area (Å²) in [7, 11) is 0. The van der Waals surface area contributed by atoms with Gasteiger partial charge >= 0.3 is 0 Å². The summed E-state index contributed by atoms with van der Waals surface area (Å²) in [5.74, 6) is 1.03. The molecule has 0 bridgehead atoms. The van der Waals surface area contributed by atoms with Gasteiger partial charge in [-0.3, -0.25) is 0 Å². The molecule has 0 amide bonds. The van der Waals surface area contributed by atoms with Gasteiger partial charge in [-0.25, -0.2) is 4.98 Å². The number of halogens is 1. The molecule has 0 saturated carbocycles. The van der Waals surface area contributed by atoms with Crippen LogP contribution in [0.25, 0.3) is 10.7 Å². The number of hydrogen-bond donors (Lipinski definition) is 0. The van der Waals surface area contributed by atoms with Crippen LogP contribution in [0.15, 0.2) is 15.9 Å². The molecule has 0 aliphatic carbocycles. The average Bonchev–Trinajstić information content (AvgIpc) is 2.95. The van der Waals surface area contributed by atoms with E-state index in [-0.39, 0.29) is 0 Å². The molecule has 0 saturated heterocycles. The maximum Gasteiger partial charge on any atom is 0.150 e. The maximum atomic E-state index is 8.90. The van der Waals surface area contributed by atoms with Gasteiger partial charge in [-0.2, -0.15) is 5.26 Å². The van der Waals surface area contributed by atoms with Crippen molar-refractivity contribution in [2.45, 2.75) is 32.2 Å². The zero-order valence-electron chi connectivity index (χ0n) is 9.82. The zero-order chi connectivity index (χ0) is 12.5. The lowest BCUT2D eigenvalue weighted by Gasteiger charge is -2.16. The Morgan fingerprint density at radius 1 is 1.44 bits per heavy atom. The van der Waals surface area contributed by atoms with Gasteiger partial charge in [0.1, 0.15) is 0 Å². The summed E-state index contributed by atoms with van der Waals surface area (Å²) < 4.78 is 3.42. The lowest BCUT2D eigenvalue weighted by atomic mass is 10.1. The van der Waals surface area contributed by atoms with Gasteiger partial charge in [0.05, 0.1) is 26.8 Å². The highest BCUT2D eigenvalue weighted by atomic mass is 79.9. The smallest absolute Gasteiger partial charge is 0.150 e. The molecule has 0 fully saturated rings. The molecule has 1 aliphatic heterocycles. The van der Waals surface area contributed by atoms with Crippen LogP contribution in [0.4, 0.5) is 0 Å². The first kappa shape index (κ1) is 11.9. The molecule has 0 unspecified atom stereocenters.